The molecule has 0 aliphatic carbocycles. The number of rotatable bonds is 8. The number of nitrogens with one attached hydrogen (secondary N) is 1. The van der Waals surface area contributed by atoms with Crippen molar-refractivity contribution in [1.82, 2.24) is 20.1 Å². The third-order valence-electron chi connectivity index (χ3n) is 4.06. The number of carbonyl (C=O) groups excluding carboxylic acids is 1. The van der Waals surface area contributed by atoms with Crippen LogP contribution in [0.25, 0.3) is 11.4 Å². The Kier molecular flexibility index (Phi) is 6.90. The highest BCUT2D eigenvalue weighted by molar-refractivity contribution is 7.99. The molecule has 0 saturated carbocycles. The maximum absolute atomic E-state index is 12.1. The molecule has 0 radical (unpaired) electrons. The van der Waals surface area contributed by atoms with Gasteiger partial charge in [0.1, 0.15) is 0 Å². The molecule has 27 heavy (non-hydrogen) atoms. The molecule has 1 aromatic heterocycles. The van der Waals surface area contributed by atoms with Crippen molar-refractivity contribution in [3.63, 3.8) is 0 Å². The van der Waals surface area contributed by atoms with Crippen LogP contribution in [0.15, 0.2) is 59.8 Å². The largest absolute Gasteiger partial charge is 0.355 e. The molecule has 0 aliphatic rings. The Hall–Kier alpha value is -2.31. The zero-order valence-electron chi connectivity index (χ0n) is 15.1. The van der Waals surface area contributed by atoms with Crippen molar-refractivity contribution in [1.29, 1.82) is 0 Å². The van der Waals surface area contributed by atoms with Crippen LogP contribution in [0.3, 0.4) is 0 Å². The minimum atomic E-state index is -0.0131. The van der Waals surface area contributed by atoms with E-state index in [-0.39, 0.29) is 5.91 Å². The van der Waals surface area contributed by atoms with E-state index in [0.29, 0.717) is 29.0 Å². The normalized spacial score (nSPS) is 10.7. The van der Waals surface area contributed by atoms with Gasteiger partial charge in [-0.3, -0.25) is 4.79 Å². The molecule has 1 amide bonds. The smallest absolute Gasteiger partial charge is 0.230 e. The fourth-order valence-electron chi connectivity index (χ4n) is 2.69. The summed E-state index contributed by atoms with van der Waals surface area (Å²) in [6, 6.07) is 17.7. The number of halogens is 1. The summed E-state index contributed by atoms with van der Waals surface area (Å²) in [5.41, 5.74) is 2.05. The van der Waals surface area contributed by atoms with Gasteiger partial charge < -0.3 is 9.88 Å². The molecule has 0 fully saturated rings. The van der Waals surface area contributed by atoms with Crippen LogP contribution in [-0.4, -0.2) is 33.0 Å². The molecule has 1 heterocycles. The van der Waals surface area contributed by atoms with Crippen molar-refractivity contribution in [3.8, 4) is 11.4 Å². The lowest BCUT2D eigenvalue weighted by molar-refractivity contribution is -0.118. The van der Waals surface area contributed by atoms with Crippen LogP contribution >= 0.6 is 23.4 Å². The van der Waals surface area contributed by atoms with E-state index in [1.807, 2.05) is 54.0 Å². The summed E-state index contributed by atoms with van der Waals surface area (Å²) < 4.78 is 1.98. The summed E-state index contributed by atoms with van der Waals surface area (Å²) in [6.07, 6.45) is 0.818. The van der Waals surface area contributed by atoms with Gasteiger partial charge in [-0.2, -0.15) is 0 Å². The summed E-state index contributed by atoms with van der Waals surface area (Å²) >= 11 is 7.66. The summed E-state index contributed by atoms with van der Waals surface area (Å²) in [6.45, 7) is 3.34. The maximum Gasteiger partial charge on any atom is 0.230 e. The molecule has 7 heteroatoms. The fraction of sp³-hybridized carbons (Fsp3) is 0.250. The topological polar surface area (TPSA) is 59.8 Å². The van der Waals surface area contributed by atoms with Crippen molar-refractivity contribution in [3.05, 3.63) is 65.2 Å². The van der Waals surface area contributed by atoms with Gasteiger partial charge in [0.05, 0.1) is 10.8 Å². The number of aromatic nitrogens is 3. The average molecular weight is 401 g/mol. The van der Waals surface area contributed by atoms with Crippen LogP contribution in [-0.2, 0) is 17.8 Å². The predicted molar refractivity (Wildman–Crippen MR) is 110 cm³/mol. The van der Waals surface area contributed by atoms with Crippen LogP contribution < -0.4 is 5.32 Å². The number of thioether (sulfide) groups is 1. The fourth-order valence-corrected chi connectivity index (χ4v) is 3.75. The summed E-state index contributed by atoms with van der Waals surface area (Å²) in [4.78, 5) is 12.1. The molecule has 0 bridgehead atoms. The molecule has 0 saturated heterocycles. The van der Waals surface area contributed by atoms with Gasteiger partial charge in [0, 0.05) is 18.7 Å². The molecular formula is C20H21ClN4OS. The van der Waals surface area contributed by atoms with Gasteiger partial charge in [0.2, 0.25) is 5.91 Å². The first-order chi connectivity index (χ1) is 13.2. The minimum absolute atomic E-state index is 0.0131. The monoisotopic (exact) mass is 400 g/mol. The first-order valence-electron chi connectivity index (χ1n) is 8.80. The quantitative estimate of drug-likeness (QED) is 0.579. The van der Waals surface area contributed by atoms with Crippen molar-refractivity contribution >= 4 is 29.3 Å². The van der Waals surface area contributed by atoms with E-state index < -0.39 is 0 Å². The van der Waals surface area contributed by atoms with Crippen LogP contribution in [0.2, 0.25) is 5.02 Å². The lowest BCUT2D eigenvalue weighted by Gasteiger charge is -2.09. The van der Waals surface area contributed by atoms with Gasteiger partial charge in [-0.05, 0) is 31.0 Å². The summed E-state index contributed by atoms with van der Waals surface area (Å²) in [5, 5.41) is 12.8. The number of carbonyl (C=O) groups is 1. The second-order valence-electron chi connectivity index (χ2n) is 5.90. The van der Waals surface area contributed by atoms with E-state index in [9.17, 15) is 4.79 Å². The van der Waals surface area contributed by atoms with Gasteiger partial charge in [-0.25, -0.2) is 0 Å². The highest BCUT2D eigenvalue weighted by atomic mass is 35.5. The van der Waals surface area contributed by atoms with Crippen LogP contribution in [0.4, 0.5) is 0 Å². The molecule has 2 aromatic carbocycles. The van der Waals surface area contributed by atoms with Gasteiger partial charge in [-0.1, -0.05) is 65.8 Å². The highest BCUT2D eigenvalue weighted by Gasteiger charge is 2.16. The van der Waals surface area contributed by atoms with Crippen LogP contribution in [0.1, 0.15) is 12.5 Å². The Balaban J connectivity index is 1.56. The van der Waals surface area contributed by atoms with E-state index in [2.05, 4.69) is 27.6 Å². The third kappa shape index (κ3) is 5.11. The molecule has 0 aliphatic heterocycles. The molecule has 1 N–H and O–H groups in total. The van der Waals surface area contributed by atoms with E-state index in [0.717, 1.165) is 17.8 Å². The maximum atomic E-state index is 12.1. The number of benzene rings is 2. The number of amides is 1. The van der Waals surface area contributed by atoms with Crippen molar-refractivity contribution in [2.45, 2.75) is 25.0 Å². The number of hydrogen-bond donors (Lipinski definition) is 1. The Morgan fingerprint density at radius 1 is 1.11 bits per heavy atom. The Morgan fingerprint density at radius 3 is 2.59 bits per heavy atom. The Labute approximate surface area is 168 Å². The number of hydrogen-bond acceptors (Lipinski definition) is 4. The molecule has 0 unspecified atom stereocenters. The molecular weight excluding hydrogens is 380 g/mol. The first-order valence-corrected chi connectivity index (χ1v) is 10.2. The van der Waals surface area contributed by atoms with Gasteiger partial charge in [-0.15, -0.1) is 10.2 Å². The molecule has 3 rings (SSSR count). The van der Waals surface area contributed by atoms with Crippen molar-refractivity contribution in [2.75, 3.05) is 12.3 Å². The van der Waals surface area contributed by atoms with Gasteiger partial charge >= 0.3 is 0 Å². The second kappa shape index (κ2) is 9.58. The lowest BCUT2D eigenvalue weighted by Crippen LogP contribution is -2.27. The SMILES string of the molecule is CCn1c(SCC(=O)NCCc2ccccc2)nnc1-c1ccccc1Cl. The Bertz CT molecular complexity index is 898. The zero-order valence-corrected chi connectivity index (χ0v) is 16.6. The zero-order chi connectivity index (χ0) is 19.1. The molecule has 0 atom stereocenters. The average Bonchev–Trinajstić information content (AvgIpc) is 3.10. The van der Waals surface area contributed by atoms with Crippen LogP contribution in [0, 0.1) is 0 Å². The van der Waals surface area contributed by atoms with E-state index in [1.54, 1.807) is 0 Å². The van der Waals surface area contributed by atoms with E-state index in [1.165, 1.54) is 17.3 Å². The van der Waals surface area contributed by atoms with Crippen molar-refractivity contribution < 1.29 is 4.79 Å². The highest BCUT2D eigenvalue weighted by Crippen LogP contribution is 2.29. The van der Waals surface area contributed by atoms with Crippen molar-refractivity contribution in [2.24, 2.45) is 0 Å². The summed E-state index contributed by atoms with van der Waals surface area (Å²) in [7, 11) is 0. The minimum Gasteiger partial charge on any atom is -0.355 e. The van der Waals surface area contributed by atoms with E-state index >= 15 is 0 Å². The second-order valence-corrected chi connectivity index (χ2v) is 7.25. The number of nitrogens with zero attached hydrogens (tertiary/aromatic N) is 3. The lowest BCUT2D eigenvalue weighted by atomic mass is 10.1. The standard InChI is InChI=1S/C20H21ClN4OS/c1-2-25-19(16-10-6-7-11-17(16)21)23-24-20(25)27-14-18(26)22-13-12-15-8-4-3-5-9-15/h3-11H,2,12-14H2,1H3,(H,22,26). The first kappa shape index (κ1) is 19.5. The molecule has 3 aromatic rings. The third-order valence-corrected chi connectivity index (χ3v) is 5.36. The molecule has 0 spiro atoms. The van der Waals surface area contributed by atoms with Gasteiger partial charge in [0.15, 0.2) is 11.0 Å². The van der Waals surface area contributed by atoms with Crippen LogP contribution in [0.5, 0.6) is 0 Å². The molecule has 140 valence electrons. The summed E-state index contributed by atoms with van der Waals surface area (Å²) in [5.74, 6) is 1.01. The predicted octanol–water partition coefficient (Wildman–Crippen LogP) is 4.07. The van der Waals surface area contributed by atoms with E-state index in [4.69, 9.17) is 11.6 Å². The van der Waals surface area contributed by atoms with Gasteiger partial charge in [0.25, 0.3) is 0 Å². The Morgan fingerprint density at radius 2 is 1.85 bits per heavy atom. The molecule has 5 nitrogen and oxygen atoms in total.